The number of rotatable bonds is 4. The Labute approximate surface area is 175 Å². The normalized spacial score (nSPS) is 11.1. The predicted octanol–water partition coefficient (Wildman–Crippen LogP) is 5.88. The third kappa shape index (κ3) is 3.52. The molecule has 7 heteroatoms. The number of benzene rings is 2. The number of aromatic nitrogens is 4. The highest BCUT2D eigenvalue weighted by Crippen LogP contribution is 2.30. The van der Waals surface area contributed by atoms with Gasteiger partial charge in [-0.05, 0) is 55.0 Å². The van der Waals surface area contributed by atoms with Crippen LogP contribution in [0.15, 0.2) is 77.9 Å². The van der Waals surface area contributed by atoms with Crippen molar-refractivity contribution in [2.45, 2.75) is 6.92 Å². The van der Waals surface area contributed by atoms with Gasteiger partial charge in [0.05, 0.1) is 5.52 Å². The Bertz CT molecular complexity index is 1350. The summed E-state index contributed by atoms with van der Waals surface area (Å²) in [5.74, 6) is 2.30. The summed E-state index contributed by atoms with van der Waals surface area (Å²) >= 11 is 3.51. The van der Waals surface area contributed by atoms with Crippen molar-refractivity contribution in [2.75, 3.05) is 5.32 Å². The quantitative estimate of drug-likeness (QED) is 0.373. The Morgan fingerprint density at radius 2 is 1.90 bits per heavy atom. The van der Waals surface area contributed by atoms with Gasteiger partial charge >= 0.3 is 0 Å². The third-order valence-corrected chi connectivity index (χ3v) is 5.13. The summed E-state index contributed by atoms with van der Waals surface area (Å²) in [5, 5.41) is 4.34. The number of nitrogens with one attached hydrogen (secondary N) is 1. The highest BCUT2D eigenvalue weighted by atomic mass is 79.9. The van der Waals surface area contributed by atoms with E-state index in [1.54, 1.807) is 12.5 Å². The molecule has 0 spiro atoms. The Morgan fingerprint density at radius 3 is 2.79 bits per heavy atom. The molecule has 3 aromatic heterocycles. The van der Waals surface area contributed by atoms with Crippen molar-refractivity contribution in [1.82, 2.24) is 19.4 Å². The molecule has 0 radical (unpaired) electrons. The minimum atomic E-state index is 0.749. The smallest absolute Gasteiger partial charge is 0.141 e. The fraction of sp³-hybridized carbons (Fsp3) is 0.0455. The molecule has 0 saturated heterocycles. The molecule has 0 aliphatic heterocycles. The van der Waals surface area contributed by atoms with Crippen LogP contribution in [-0.4, -0.2) is 19.4 Å². The third-order valence-electron chi connectivity index (χ3n) is 4.63. The summed E-state index contributed by atoms with van der Waals surface area (Å²) < 4.78 is 8.99. The summed E-state index contributed by atoms with van der Waals surface area (Å²) in [7, 11) is 0. The molecule has 6 nitrogen and oxygen atoms in total. The Morgan fingerprint density at radius 1 is 0.966 bits per heavy atom. The first-order chi connectivity index (χ1) is 14.2. The van der Waals surface area contributed by atoms with Gasteiger partial charge in [-0.1, -0.05) is 15.9 Å². The van der Waals surface area contributed by atoms with Crippen molar-refractivity contribution in [1.29, 1.82) is 0 Å². The van der Waals surface area contributed by atoms with E-state index in [1.165, 1.54) is 0 Å². The van der Waals surface area contributed by atoms with E-state index in [9.17, 15) is 0 Å². The van der Waals surface area contributed by atoms with E-state index < -0.39 is 0 Å². The maximum Gasteiger partial charge on any atom is 0.141 e. The van der Waals surface area contributed by atoms with E-state index in [4.69, 9.17) is 4.74 Å². The molecule has 0 aliphatic rings. The number of imidazole rings is 1. The van der Waals surface area contributed by atoms with Crippen LogP contribution in [0.4, 0.5) is 11.5 Å². The van der Waals surface area contributed by atoms with Crippen molar-refractivity contribution in [3.8, 4) is 11.5 Å². The first kappa shape index (κ1) is 17.6. The molecule has 0 aliphatic carbocycles. The minimum absolute atomic E-state index is 0.749. The Balaban J connectivity index is 1.42. The topological polar surface area (TPSA) is 64.3 Å². The van der Waals surface area contributed by atoms with E-state index in [-0.39, 0.29) is 0 Å². The van der Waals surface area contributed by atoms with Gasteiger partial charge in [0, 0.05) is 40.2 Å². The highest BCUT2D eigenvalue weighted by molar-refractivity contribution is 9.10. The lowest BCUT2D eigenvalue weighted by atomic mass is 10.2. The molecule has 5 rings (SSSR count). The first-order valence-electron chi connectivity index (χ1n) is 9.04. The van der Waals surface area contributed by atoms with Crippen LogP contribution in [-0.2, 0) is 0 Å². The van der Waals surface area contributed by atoms with Gasteiger partial charge in [-0.3, -0.25) is 0 Å². The molecule has 0 saturated carbocycles. The molecule has 142 valence electrons. The molecule has 0 amide bonds. The number of hydrogen-bond acceptors (Lipinski definition) is 5. The van der Waals surface area contributed by atoms with Gasteiger partial charge in [-0.15, -0.1) is 0 Å². The van der Waals surface area contributed by atoms with Gasteiger partial charge in [0.1, 0.15) is 29.3 Å². The summed E-state index contributed by atoms with van der Waals surface area (Å²) in [4.78, 5) is 13.0. The second-order valence-corrected chi connectivity index (χ2v) is 7.56. The van der Waals surface area contributed by atoms with Gasteiger partial charge in [-0.25, -0.2) is 15.0 Å². The van der Waals surface area contributed by atoms with Crippen LogP contribution < -0.4 is 10.1 Å². The second kappa shape index (κ2) is 7.18. The number of hydrogen-bond donors (Lipinski definition) is 1. The molecular formula is C22H16BrN5O. The Hall–Kier alpha value is -3.45. The largest absolute Gasteiger partial charge is 0.457 e. The zero-order valence-electron chi connectivity index (χ0n) is 15.5. The lowest BCUT2D eigenvalue weighted by molar-refractivity contribution is 0.478. The minimum Gasteiger partial charge on any atom is -0.457 e. The van der Waals surface area contributed by atoms with Crippen LogP contribution in [0.25, 0.3) is 16.6 Å². The average molecular weight is 446 g/mol. The predicted molar refractivity (Wildman–Crippen MR) is 117 cm³/mol. The summed E-state index contributed by atoms with van der Waals surface area (Å²) in [6.07, 6.45) is 7.16. The van der Waals surface area contributed by atoms with Crippen molar-refractivity contribution >= 4 is 44.0 Å². The monoisotopic (exact) mass is 445 g/mol. The number of anilines is 2. The molecule has 3 heterocycles. The Kier molecular flexibility index (Phi) is 4.37. The zero-order chi connectivity index (χ0) is 19.8. The van der Waals surface area contributed by atoms with Gasteiger partial charge in [0.25, 0.3) is 0 Å². The number of fused-ring (bicyclic) bond motifs is 2. The maximum atomic E-state index is 6.06. The van der Waals surface area contributed by atoms with Crippen molar-refractivity contribution in [3.63, 3.8) is 0 Å². The molecule has 0 bridgehead atoms. The molecule has 5 aromatic rings. The molecule has 2 aromatic carbocycles. The van der Waals surface area contributed by atoms with Gasteiger partial charge < -0.3 is 14.5 Å². The van der Waals surface area contributed by atoms with E-state index in [1.807, 2.05) is 72.2 Å². The van der Waals surface area contributed by atoms with Crippen LogP contribution in [0.2, 0.25) is 0 Å². The van der Waals surface area contributed by atoms with E-state index >= 15 is 0 Å². The van der Waals surface area contributed by atoms with Crippen LogP contribution >= 0.6 is 15.9 Å². The average Bonchev–Trinajstić information content (AvgIpc) is 3.18. The summed E-state index contributed by atoms with van der Waals surface area (Å²) in [6, 6.07) is 15.7. The summed E-state index contributed by atoms with van der Waals surface area (Å²) in [5.41, 5.74) is 3.67. The number of pyridine rings is 1. The number of ether oxygens (including phenoxy) is 1. The lowest BCUT2D eigenvalue weighted by Gasteiger charge is -2.12. The molecule has 0 atom stereocenters. The fourth-order valence-corrected chi connectivity index (χ4v) is 3.55. The summed E-state index contributed by atoms with van der Waals surface area (Å²) in [6.45, 7) is 2.02. The van der Waals surface area contributed by atoms with Gasteiger partial charge in [-0.2, -0.15) is 0 Å². The van der Waals surface area contributed by atoms with E-state index in [0.29, 0.717) is 0 Å². The lowest BCUT2D eigenvalue weighted by Crippen LogP contribution is -1.97. The maximum absolute atomic E-state index is 6.06. The molecular weight excluding hydrogens is 430 g/mol. The molecule has 1 N–H and O–H groups in total. The van der Waals surface area contributed by atoms with Crippen LogP contribution in [0.5, 0.6) is 11.5 Å². The number of aryl methyl sites for hydroxylation is 1. The zero-order valence-corrected chi connectivity index (χ0v) is 17.1. The van der Waals surface area contributed by atoms with E-state index in [0.717, 1.165) is 49.6 Å². The number of halogens is 1. The van der Waals surface area contributed by atoms with Crippen molar-refractivity contribution in [3.05, 3.63) is 83.5 Å². The van der Waals surface area contributed by atoms with Crippen LogP contribution in [0, 0.1) is 6.92 Å². The molecule has 0 fully saturated rings. The standard InChI is InChI=1S/C22H16BrN5O/c1-14-10-16(27-22-18-11-15(23)2-4-19(18)25-13-26-22)3-5-20(14)29-17-6-8-28-9-7-24-21(28)12-17/h2-13H,1H3,(H,25,26,27). The SMILES string of the molecule is Cc1cc(Nc2ncnc3ccc(Br)cc23)ccc1Oc1ccn2ccnc2c1. The van der Waals surface area contributed by atoms with Gasteiger partial charge in [0.15, 0.2) is 0 Å². The second-order valence-electron chi connectivity index (χ2n) is 6.65. The van der Waals surface area contributed by atoms with Crippen molar-refractivity contribution in [2.24, 2.45) is 0 Å². The first-order valence-corrected chi connectivity index (χ1v) is 9.83. The fourth-order valence-electron chi connectivity index (χ4n) is 3.19. The van der Waals surface area contributed by atoms with Crippen LogP contribution in [0.1, 0.15) is 5.56 Å². The molecule has 29 heavy (non-hydrogen) atoms. The number of nitrogens with zero attached hydrogens (tertiary/aromatic N) is 4. The molecule has 0 unspecified atom stereocenters. The highest BCUT2D eigenvalue weighted by Gasteiger charge is 2.08. The van der Waals surface area contributed by atoms with E-state index in [2.05, 4.69) is 36.2 Å². The van der Waals surface area contributed by atoms with Gasteiger partial charge in [0.2, 0.25) is 0 Å². The van der Waals surface area contributed by atoms with Crippen LogP contribution in [0.3, 0.4) is 0 Å². The van der Waals surface area contributed by atoms with Crippen molar-refractivity contribution < 1.29 is 4.74 Å².